The Balaban J connectivity index is 1.69. The SMILES string of the molecule is COCCn1c(C)cc(-c2csc(CC(=O)Nc3ccc(C)cc3)n2)c1C. The minimum absolute atomic E-state index is 0.0506. The van der Waals surface area contributed by atoms with Crippen LogP contribution in [0.2, 0.25) is 0 Å². The van der Waals surface area contributed by atoms with Gasteiger partial charge in [-0.1, -0.05) is 17.7 Å². The van der Waals surface area contributed by atoms with Gasteiger partial charge in [0.2, 0.25) is 5.91 Å². The summed E-state index contributed by atoms with van der Waals surface area (Å²) in [4.78, 5) is 17.0. The molecule has 0 aliphatic heterocycles. The number of nitrogens with zero attached hydrogens (tertiary/aromatic N) is 2. The lowest BCUT2D eigenvalue weighted by Crippen LogP contribution is -2.14. The van der Waals surface area contributed by atoms with Crippen LogP contribution in [0.3, 0.4) is 0 Å². The normalized spacial score (nSPS) is 11.0. The monoisotopic (exact) mass is 383 g/mol. The Labute approximate surface area is 164 Å². The Kier molecular flexibility index (Phi) is 6.08. The first-order chi connectivity index (χ1) is 13.0. The number of rotatable bonds is 7. The second kappa shape index (κ2) is 8.50. The third-order valence-electron chi connectivity index (χ3n) is 4.57. The van der Waals surface area contributed by atoms with E-state index in [1.54, 1.807) is 7.11 Å². The maximum absolute atomic E-state index is 12.3. The number of carbonyl (C=O) groups excluding carboxylic acids is 1. The summed E-state index contributed by atoms with van der Waals surface area (Å²) >= 11 is 1.52. The van der Waals surface area contributed by atoms with Crippen LogP contribution in [0.5, 0.6) is 0 Å². The van der Waals surface area contributed by atoms with E-state index < -0.39 is 0 Å². The number of thiazole rings is 1. The largest absolute Gasteiger partial charge is 0.383 e. The van der Waals surface area contributed by atoms with Crippen molar-refractivity contribution in [2.45, 2.75) is 33.7 Å². The Morgan fingerprint density at radius 3 is 2.67 bits per heavy atom. The van der Waals surface area contributed by atoms with Gasteiger partial charge in [-0.05, 0) is 39.0 Å². The van der Waals surface area contributed by atoms with Gasteiger partial charge in [0.05, 0.1) is 18.7 Å². The number of amides is 1. The zero-order valence-corrected chi connectivity index (χ0v) is 17.0. The fraction of sp³-hybridized carbons (Fsp3) is 0.333. The Bertz CT molecular complexity index is 926. The van der Waals surface area contributed by atoms with Crippen LogP contribution in [0, 0.1) is 20.8 Å². The van der Waals surface area contributed by atoms with Crippen molar-refractivity contribution in [3.05, 3.63) is 57.7 Å². The van der Waals surface area contributed by atoms with Gasteiger partial charge < -0.3 is 14.6 Å². The summed E-state index contributed by atoms with van der Waals surface area (Å²) < 4.78 is 7.43. The number of methoxy groups -OCH3 is 1. The molecule has 0 aliphatic carbocycles. The van der Waals surface area contributed by atoms with Gasteiger partial charge in [0.15, 0.2) is 0 Å². The summed E-state index contributed by atoms with van der Waals surface area (Å²) in [5, 5.41) is 5.76. The van der Waals surface area contributed by atoms with E-state index in [9.17, 15) is 4.79 Å². The number of hydrogen-bond donors (Lipinski definition) is 1. The average Bonchev–Trinajstić information content (AvgIpc) is 3.20. The highest BCUT2D eigenvalue weighted by atomic mass is 32.1. The molecule has 5 nitrogen and oxygen atoms in total. The van der Waals surface area contributed by atoms with Crippen LogP contribution in [0.25, 0.3) is 11.3 Å². The van der Waals surface area contributed by atoms with E-state index in [0.717, 1.165) is 28.5 Å². The molecule has 1 amide bonds. The van der Waals surface area contributed by atoms with Gasteiger partial charge in [0.25, 0.3) is 0 Å². The minimum atomic E-state index is -0.0506. The molecule has 6 heteroatoms. The summed E-state index contributed by atoms with van der Waals surface area (Å²) in [5.41, 5.74) is 6.38. The number of hydrogen-bond acceptors (Lipinski definition) is 4. The third-order valence-corrected chi connectivity index (χ3v) is 5.42. The molecule has 0 saturated carbocycles. The molecule has 0 bridgehead atoms. The van der Waals surface area contributed by atoms with E-state index in [1.165, 1.54) is 28.3 Å². The fourth-order valence-corrected chi connectivity index (χ4v) is 3.88. The molecule has 0 aliphatic rings. The first kappa shape index (κ1) is 19.3. The number of ether oxygens (including phenoxy) is 1. The van der Waals surface area contributed by atoms with E-state index in [-0.39, 0.29) is 12.3 Å². The molecule has 0 unspecified atom stereocenters. The molecule has 1 N–H and O–H groups in total. The molecule has 0 radical (unpaired) electrons. The van der Waals surface area contributed by atoms with Gasteiger partial charge in [0.1, 0.15) is 5.01 Å². The molecule has 1 aromatic carbocycles. The molecule has 0 spiro atoms. The predicted molar refractivity (Wildman–Crippen MR) is 110 cm³/mol. The summed E-state index contributed by atoms with van der Waals surface area (Å²) in [7, 11) is 1.71. The first-order valence-electron chi connectivity index (χ1n) is 8.95. The number of aromatic nitrogens is 2. The van der Waals surface area contributed by atoms with E-state index >= 15 is 0 Å². The number of anilines is 1. The standard InChI is InChI=1S/C21H25N3O2S/c1-14-5-7-17(8-6-14)22-20(25)12-21-23-19(13-27-21)18-11-15(2)24(16(18)3)9-10-26-4/h5-8,11,13H,9-10,12H2,1-4H3,(H,22,25). The van der Waals surface area contributed by atoms with Crippen LogP contribution < -0.4 is 5.32 Å². The lowest BCUT2D eigenvalue weighted by molar-refractivity contribution is -0.115. The van der Waals surface area contributed by atoms with Crippen molar-refractivity contribution in [2.75, 3.05) is 19.0 Å². The smallest absolute Gasteiger partial charge is 0.231 e. The van der Waals surface area contributed by atoms with Crippen LogP contribution in [0.1, 0.15) is 22.0 Å². The molecule has 0 saturated heterocycles. The molecule has 0 atom stereocenters. The molecule has 142 valence electrons. The zero-order valence-electron chi connectivity index (χ0n) is 16.2. The van der Waals surface area contributed by atoms with Crippen molar-refractivity contribution in [1.29, 1.82) is 0 Å². The maximum Gasteiger partial charge on any atom is 0.231 e. The molecular weight excluding hydrogens is 358 g/mol. The second-order valence-electron chi connectivity index (χ2n) is 6.65. The van der Waals surface area contributed by atoms with Crippen molar-refractivity contribution in [1.82, 2.24) is 9.55 Å². The molecule has 0 fully saturated rings. The van der Waals surface area contributed by atoms with Gasteiger partial charge in [-0.15, -0.1) is 11.3 Å². The van der Waals surface area contributed by atoms with Crippen LogP contribution in [-0.2, 0) is 22.5 Å². The molecule has 2 aromatic heterocycles. The van der Waals surface area contributed by atoms with E-state index in [1.807, 2.05) is 36.6 Å². The zero-order chi connectivity index (χ0) is 19.4. The van der Waals surface area contributed by atoms with Crippen molar-refractivity contribution in [3.8, 4) is 11.3 Å². The van der Waals surface area contributed by atoms with Crippen LogP contribution in [-0.4, -0.2) is 29.2 Å². The van der Waals surface area contributed by atoms with Crippen molar-refractivity contribution in [2.24, 2.45) is 0 Å². The van der Waals surface area contributed by atoms with E-state index in [0.29, 0.717) is 6.61 Å². The Hall–Kier alpha value is -2.44. The highest BCUT2D eigenvalue weighted by Gasteiger charge is 2.15. The molecule has 3 aromatic rings. The first-order valence-corrected chi connectivity index (χ1v) is 9.83. The van der Waals surface area contributed by atoms with Gasteiger partial charge >= 0.3 is 0 Å². The quantitative estimate of drug-likeness (QED) is 0.659. The summed E-state index contributed by atoms with van der Waals surface area (Å²) in [6.45, 7) is 7.71. The lowest BCUT2D eigenvalue weighted by atomic mass is 10.2. The summed E-state index contributed by atoms with van der Waals surface area (Å²) in [6, 6.07) is 9.94. The van der Waals surface area contributed by atoms with Crippen LogP contribution >= 0.6 is 11.3 Å². The van der Waals surface area contributed by atoms with Gasteiger partial charge in [-0.3, -0.25) is 4.79 Å². The maximum atomic E-state index is 12.3. The van der Waals surface area contributed by atoms with Gasteiger partial charge in [-0.2, -0.15) is 0 Å². The van der Waals surface area contributed by atoms with Crippen LogP contribution in [0.15, 0.2) is 35.7 Å². The van der Waals surface area contributed by atoms with Gasteiger partial charge in [-0.25, -0.2) is 4.98 Å². The summed E-state index contributed by atoms with van der Waals surface area (Å²) in [6.07, 6.45) is 0.279. The number of aryl methyl sites for hydroxylation is 2. The number of nitrogens with one attached hydrogen (secondary N) is 1. The highest BCUT2D eigenvalue weighted by Crippen LogP contribution is 2.28. The third kappa shape index (κ3) is 4.64. The predicted octanol–water partition coefficient (Wildman–Crippen LogP) is 4.36. The highest BCUT2D eigenvalue weighted by molar-refractivity contribution is 7.10. The average molecular weight is 384 g/mol. The molecule has 2 heterocycles. The van der Waals surface area contributed by atoms with Crippen molar-refractivity contribution >= 4 is 22.9 Å². The molecule has 3 rings (SSSR count). The second-order valence-corrected chi connectivity index (χ2v) is 7.59. The van der Waals surface area contributed by atoms with Gasteiger partial charge in [0, 0.05) is 41.7 Å². The fourth-order valence-electron chi connectivity index (χ4n) is 3.08. The number of carbonyl (C=O) groups is 1. The molecular formula is C21H25N3O2S. The van der Waals surface area contributed by atoms with E-state index in [2.05, 4.69) is 34.8 Å². The lowest BCUT2D eigenvalue weighted by Gasteiger charge is -2.08. The minimum Gasteiger partial charge on any atom is -0.383 e. The van der Waals surface area contributed by atoms with Crippen molar-refractivity contribution < 1.29 is 9.53 Å². The topological polar surface area (TPSA) is 56.1 Å². The van der Waals surface area contributed by atoms with Crippen LogP contribution in [0.4, 0.5) is 5.69 Å². The molecule has 27 heavy (non-hydrogen) atoms. The van der Waals surface area contributed by atoms with E-state index in [4.69, 9.17) is 4.74 Å². The number of benzene rings is 1. The Morgan fingerprint density at radius 2 is 1.96 bits per heavy atom. The summed E-state index contributed by atoms with van der Waals surface area (Å²) in [5.74, 6) is -0.0506. The van der Waals surface area contributed by atoms with Crippen molar-refractivity contribution in [3.63, 3.8) is 0 Å². The Morgan fingerprint density at radius 1 is 1.22 bits per heavy atom.